The van der Waals surface area contributed by atoms with E-state index in [1.807, 2.05) is 13.8 Å². The Morgan fingerprint density at radius 2 is 2.12 bits per heavy atom. The molecular formula is C12H25NO3. The molecule has 0 aliphatic heterocycles. The van der Waals surface area contributed by atoms with Gasteiger partial charge in [0.25, 0.3) is 0 Å². The number of rotatable bonds is 9. The first-order valence-corrected chi connectivity index (χ1v) is 6.05. The molecule has 0 heterocycles. The van der Waals surface area contributed by atoms with E-state index in [4.69, 9.17) is 4.74 Å². The standard InChI is InChI=1S/C12H25NO3/c1-4-12(3,10-14)9-13-8-6-7-11(15)16-5-2/h13-14H,4-10H2,1-3H3. The van der Waals surface area contributed by atoms with Crippen LogP contribution in [0, 0.1) is 5.41 Å². The lowest BCUT2D eigenvalue weighted by Crippen LogP contribution is -2.34. The Balaban J connectivity index is 3.49. The minimum atomic E-state index is -0.135. The summed E-state index contributed by atoms with van der Waals surface area (Å²) in [7, 11) is 0. The molecular weight excluding hydrogens is 206 g/mol. The quantitative estimate of drug-likeness (QED) is 0.464. The number of carbonyl (C=O) groups excluding carboxylic acids is 1. The van der Waals surface area contributed by atoms with Crippen molar-refractivity contribution in [2.45, 2.75) is 40.0 Å². The molecule has 0 saturated carbocycles. The Hall–Kier alpha value is -0.610. The fourth-order valence-corrected chi connectivity index (χ4v) is 1.27. The lowest BCUT2D eigenvalue weighted by Gasteiger charge is -2.25. The molecule has 0 saturated heterocycles. The topological polar surface area (TPSA) is 58.6 Å². The van der Waals surface area contributed by atoms with Crippen LogP contribution in [0.4, 0.5) is 0 Å². The average molecular weight is 231 g/mol. The first-order valence-electron chi connectivity index (χ1n) is 6.05. The van der Waals surface area contributed by atoms with Crippen LogP contribution in [-0.2, 0) is 9.53 Å². The predicted octanol–water partition coefficient (Wildman–Crippen LogP) is 1.33. The molecule has 0 spiro atoms. The Morgan fingerprint density at radius 1 is 1.44 bits per heavy atom. The zero-order valence-corrected chi connectivity index (χ0v) is 10.7. The first-order chi connectivity index (χ1) is 7.58. The third-order valence-electron chi connectivity index (χ3n) is 2.83. The van der Waals surface area contributed by atoms with Crippen LogP contribution in [0.3, 0.4) is 0 Å². The van der Waals surface area contributed by atoms with Crippen LogP contribution in [-0.4, -0.2) is 37.4 Å². The van der Waals surface area contributed by atoms with Crippen molar-refractivity contribution >= 4 is 5.97 Å². The van der Waals surface area contributed by atoms with Crippen molar-refractivity contribution in [1.82, 2.24) is 5.32 Å². The van der Waals surface area contributed by atoms with Gasteiger partial charge >= 0.3 is 5.97 Å². The molecule has 0 radical (unpaired) electrons. The molecule has 4 nitrogen and oxygen atoms in total. The fraction of sp³-hybridized carbons (Fsp3) is 0.917. The highest BCUT2D eigenvalue weighted by Gasteiger charge is 2.19. The van der Waals surface area contributed by atoms with E-state index in [0.29, 0.717) is 13.0 Å². The number of hydrogen-bond donors (Lipinski definition) is 2. The molecule has 0 aliphatic rings. The molecule has 1 atom stereocenters. The summed E-state index contributed by atoms with van der Waals surface area (Å²) < 4.78 is 4.82. The van der Waals surface area contributed by atoms with Gasteiger partial charge in [-0.25, -0.2) is 0 Å². The van der Waals surface area contributed by atoms with E-state index in [2.05, 4.69) is 12.2 Å². The summed E-state index contributed by atoms with van der Waals surface area (Å²) in [5.74, 6) is -0.135. The number of aliphatic hydroxyl groups is 1. The fourth-order valence-electron chi connectivity index (χ4n) is 1.27. The van der Waals surface area contributed by atoms with Gasteiger partial charge in [0.1, 0.15) is 0 Å². The molecule has 4 heteroatoms. The number of aliphatic hydroxyl groups excluding tert-OH is 1. The zero-order valence-electron chi connectivity index (χ0n) is 10.7. The van der Waals surface area contributed by atoms with E-state index in [9.17, 15) is 9.90 Å². The molecule has 2 N–H and O–H groups in total. The molecule has 0 fully saturated rings. The summed E-state index contributed by atoms with van der Waals surface area (Å²) >= 11 is 0. The number of esters is 1. The highest BCUT2D eigenvalue weighted by atomic mass is 16.5. The second-order valence-electron chi connectivity index (χ2n) is 4.41. The summed E-state index contributed by atoms with van der Waals surface area (Å²) in [6, 6.07) is 0. The van der Waals surface area contributed by atoms with E-state index >= 15 is 0 Å². The molecule has 0 aromatic carbocycles. The highest BCUT2D eigenvalue weighted by molar-refractivity contribution is 5.69. The minimum Gasteiger partial charge on any atom is -0.466 e. The van der Waals surface area contributed by atoms with Crippen molar-refractivity contribution in [1.29, 1.82) is 0 Å². The SMILES string of the molecule is CCOC(=O)CCCNCC(C)(CC)CO. The zero-order chi connectivity index (χ0) is 12.4. The van der Waals surface area contributed by atoms with Gasteiger partial charge in [0.15, 0.2) is 0 Å². The molecule has 0 aliphatic carbocycles. The van der Waals surface area contributed by atoms with Gasteiger partial charge in [0.2, 0.25) is 0 Å². The maximum atomic E-state index is 11.0. The number of hydrogen-bond acceptors (Lipinski definition) is 4. The number of nitrogens with one attached hydrogen (secondary N) is 1. The summed E-state index contributed by atoms with van der Waals surface area (Å²) in [6.07, 6.45) is 2.18. The lowest BCUT2D eigenvalue weighted by molar-refractivity contribution is -0.143. The largest absolute Gasteiger partial charge is 0.466 e. The monoisotopic (exact) mass is 231 g/mol. The maximum Gasteiger partial charge on any atom is 0.305 e. The average Bonchev–Trinajstić information content (AvgIpc) is 2.28. The number of carbonyl (C=O) groups is 1. The minimum absolute atomic E-state index is 0.0517. The van der Waals surface area contributed by atoms with Crippen molar-refractivity contribution in [2.75, 3.05) is 26.3 Å². The van der Waals surface area contributed by atoms with Crippen molar-refractivity contribution in [3.05, 3.63) is 0 Å². The van der Waals surface area contributed by atoms with Gasteiger partial charge in [0, 0.05) is 25.0 Å². The smallest absolute Gasteiger partial charge is 0.305 e. The van der Waals surface area contributed by atoms with Gasteiger partial charge in [-0.2, -0.15) is 0 Å². The van der Waals surface area contributed by atoms with E-state index in [1.54, 1.807) is 0 Å². The van der Waals surface area contributed by atoms with E-state index in [-0.39, 0.29) is 18.0 Å². The normalized spacial score (nSPS) is 14.5. The third kappa shape index (κ3) is 6.80. The lowest BCUT2D eigenvalue weighted by atomic mass is 9.89. The summed E-state index contributed by atoms with van der Waals surface area (Å²) in [4.78, 5) is 11.0. The molecule has 1 unspecified atom stereocenters. The predicted molar refractivity (Wildman–Crippen MR) is 64.2 cm³/mol. The highest BCUT2D eigenvalue weighted by Crippen LogP contribution is 2.18. The Bertz CT molecular complexity index is 191. The van der Waals surface area contributed by atoms with Crippen molar-refractivity contribution in [3.63, 3.8) is 0 Å². The van der Waals surface area contributed by atoms with Crippen molar-refractivity contribution in [3.8, 4) is 0 Å². The summed E-state index contributed by atoms with van der Waals surface area (Å²) in [5, 5.41) is 12.4. The van der Waals surface area contributed by atoms with Crippen LogP contribution in [0.1, 0.15) is 40.0 Å². The van der Waals surface area contributed by atoms with E-state index < -0.39 is 0 Å². The van der Waals surface area contributed by atoms with Gasteiger partial charge < -0.3 is 15.2 Å². The third-order valence-corrected chi connectivity index (χ3v) is 2.83. The molecule has 0 aromatic rings. The van der Waals surface area contributed by atoms with Crippen LogP contribution >= 0.6 is 0 Å². The van der Waals surface area contributed by atoms with Crippen LogP contribution in [0.2, 0.25) is 0 Å². The summed E-state index contributed by atoms with van der Waals surface area (Å²) in [6.45, 7) is 8.13. The van der Waals surface area contributed by atoms with Crippen LogP contribution < -0.4 is 5.32 Å². The van der Waals surface area contributed by atoms with Crippen LogP contribution in [0.15, 0.2) is 0 Å². The first kappa shape index (κ1) is 15.4. The second-order valence-corrected chi connectivity index (χ2v) is 4.41. The summed E-state index contributed by atoms with van der Waals surface area (Å²) in [5.41, 5.74) is -0.0517. The van der Waals surface area contributed by atoms with Gasteiger partial charge in [-0.1, -0.05) is 13.8 Å². The van der Waals surface area contributed by atoms with Gasteiger partial charge in [-0.3, -0.25) is 4.79 Å². The maximum absolute atomic E-state index is 11.0. The van der Waals surface area contributed by atoms with Gasteiger partial charge in [0.05, 0.1) is 6.61 Å². The molecule has 0 bridgehead atoms. The molecule has 0 amide bonds. The Labute approximate surface area is 98.4 Å². The van der Waals surface area contributed by atoms with Crippen LogP contribution in [0.25, 0.3) is 0 Å². The second kappa shape index (κ2) is 8.53. The molecule has 96 valence electrons. The van der Waals surface area contributed by atoms with E-state index in [1.165, 1.54) is 0 Å². The Morgan fingerprint density at radius 3 is 2.62 bits per heavy atom. The Kier molecular flexibility index (Phi) is 8.21. The number of ether oxygens (including phenoxy) is 1. The molecule has 0 rings (SSSR count). The van der Waals surface area contributed by atoms with Gasteiger partial charge in [-0.15, -0.1) is 0 Å². The van der Waals surface area contributed by atoms with Crippen molar-refractivity contribution < 1.29 is 14.6 Å². The van der Waals surface area contributed by atoms with E-state index in [0.717, 1.165) is 25.9 Å². The molecule has 16 heavy (non-hydrogen) atoms. The van der Waals surface area contributed by atoms with Crippen molar-refractivity contribution in [2.24, 2.45) is 5.41 Å². The molecule has 0 aromatic heterocycles. The van der Waals surface area contributed by atoms with Crippen LogP contribution in [0.5, 0.6) is 0 Å². The van der Waals surface area contributed by atoms with Gasteiger partial charge in [-0.05, 0) is 26.3 Å².